The van der Waals surface area contributed by atoms with Gasteiger partial charge in [-0.05, 0) is 26.0 Å². The van der Waals surface area contributed by atoms with Crippen LogP contribution in [-0.2, 0) is 4.79 Å². The number of nitrogens with zero attached hydrogens (tertiary/aromatic N) is 1. The molecular formula is C14H21N3OS. The average molecular weight is 279 g/mol. The molecule has 0 bridgehead atoms. The predicted molar refractivity (Wildman–Crippen MR) is 83.2 cm³/mol. The van der Waals surface area contributed by atoms with Crippen LogP contribution < -0.4 is 11.1 Å². The molecule has 1 aromatic carbocycles. The summed E-state index contributed by atoms with van der Waals surface area (Å²) in [5.41, 5.74) is 6.31. The third-order valence-electron chi connectivity index (χ3n) is 2.78. The van der Waals surface area contributed by atoms with Gasteiger partial charge >= 0.3 is 0 Å². The van der Waals surface area contributed by atoms with Gasteiger partial charge in [-0.25, -0.2) is 0 Å². The summed E-state index contributed by atoms with van der Waals surface area (Å²) >= 11 is 4.87. The summed E-state index contributed by atoms with van der Waals surface area (Å²) in [4.78, 5) is 14.5. The smallest absolute Gasteiger partial charge is 0.238 e. The third-order valence-corrected chi connectivity index (χ3v) is 2.98. The van der Waals surface area contributed by atoms with Crippen molar-refractivity contribution in [2.75, 3.05) is 18.4 Å². The van der Waals surface area contributed by atoms with Crippen molar-refractivity contribution < 1.29 is 4.79 Å². The fraction of sp³-hybridized carbons (Fsp3) is 0.429. The summed E-state index contributed by atoms with van der Waals surface area (Å²) in [6.07, 6.45) is 0.631. The Labute approximate surface area is 120 Å². The van der Waals surface area contributed by atoms with Crippen molar-refractivity contribution in [2.45, 2.75) is 26.3 Å². The standard InChI is InChI=1S/C14H21N3OS/c1-11(2)17(9-8-13(15)19)10-14(18)16-12-6-4-3-5-7-12/h3-7,11H,8-10H2,1-2H3,(H2,15,19)(H,16,18). The van der Waals surface area contributed by atoms with E-state index in [1.165, 1.54) is 0 Å². The van der Waals surface area contributed by atoms with Gasteiger partial charge in [-0.2, -0.15) is 0 Å². The zero-order valence-corrected chi connectivity index (χ0v) is 12.2. The summed E-state index contributed by atoms with van der Waals surface area (Å²) in [5, 5.41) is 2.87. The number of thiocarbonyl (C=S) groups is 1. The van der Waals surface area contributed by atoms with Crippen LogP contribution >= 0.6 is 12.2 Å². The number of hydrogen-bond acceptors (Lipinski definition) is 3. The molecule has 1 aromatic rings. The normalized spacial score (nSPS) is 10.7. The van der Waals surface area contributed by atoms with Crippen LogP contribution in [0.4, 0.5) is 5.69 Å². The van der Waals surface area contributed by atoms with Crippen molar-refractivity contribution in [1.82, 2.24) is 4.90 Å². The molecule has 0 unspecified atom stereocenters. The Morgan fingerprint density at radius 3 is 2.53 bits per heavy atom. The lowest BCUT2D eigenvalue weighted by atomic mass is 10.2. The van der Waals surface area contributed by atoms with Gasteiger partial charge < -0.3 is 11.1 Å². The molecular weight excluding hydrogens is 258 g/mol. The molecule has 0 saturated carbocycles. The number of carbonyl (C=O) groups is 1. The van der Waals surface area contributed by atoms with Gasteiger partial charge in [-0.3, -0.25) is 9.69 Å². The fourth-order valence-electron chi connectivity index (χ4n) is 1.68. The van der Waals surface area contributed by atoms with Crippen LogP contribution in [0.25, 0.3) is 0 Å². The number of anilines is 1. The topological polar surface area (TPSA) is 58.4 Å². The largest absolute Gasteiger partial charge is 0.393 e. The van der Waals surface area contributed by atoms with Crippen molar-refractivity contribution in [2.24, 2.45) is 5.73 Å². The highest BCUT2D eigenvalue weighted by molar-refractivity contribution is 7.80. The van der Waals surface area contributed by atoms with Crippen molar-refractivity contribution in [3.8, 4) is 0 Å². The maximum atomic E-state index is 12.0. The summed E-state index contributed by atoms with van der Waals surface area (Å²) in [6, 6.07) is 9.71. The van der Waals surface area contributed by atoms with Gasteiger partial charge in [0.05, 0.1) is 11.5 Å². The minimum Gasteiger partial charge on any atom is -0.393 e. The quantitative estimate of drug-likeness (QED) is 0.750. The second-order valence-corrected chi connectivity index (χ2v) is 5.22. The maximum Gasteiger partial charge on any atom is 0.238 e. The molecule has 0 saturated heterocycles. The van der Waals surface area contributed by atoms with Crippen LogP contribution in [0.5, 0.6) is 0 Å². The first kappa shape index (κ1) is 15.6. The molecule has 104 valence electrons. The second kappa shape index (κ2) is 7.86. The van der Waals surface area contributed by atoms with Gasteiger partial charge in [0.2, 0.25) is 5.91 Å². The first-order valence-corrected chi connectivity index (χ1v) is 6.77. The summed E-state index contributed by atoms with van der Waals surface area (Å²) in [6.45, 7) is 5.15. The Hall–Kier alpha value is -1.46. The van der Waals surface area contributed by atoms with Gasteiger partial charge in [0.1, 0.15) is 0 Å². The molecule has 0 atom stereocenters. The molecule has 1 amide bonds. The molecule has 0 heterocycles. The van der Waals surface area contributed by atoms with E-state index in [0.717, 1.165) is 5.69 Å². The van der Waals surface area contributed by atoms with Gasteiger partial charge in [-0.1, -0.05) is 30.4 Å². The van der Waals surface area contributed by atoms with E-state index < -0.39 is 0 Å². The molecule has 0 aromatic heterocycles. The maximum absolute atomic E-state index is 12.0. The van der Waals surface area contributed by atoms with E-state index in [4.69, 9.17) is 18.0 Å². The number of nitrogens with two attached hydrogens (primary N) is 1. The van der Waals surface area contributed by atoms with Crippen LogP contribution in [0, 0.1) is 0 Å². The SMILES string of the molecule is CC(C)N(CCC(N)=S)CC(=O)Nc1ccccc1. The van der Waals surface area contributed by atoms with Crippen molar-refractivity contribution in [3.63, 3.8) is 0 Å². The Bertz CT molecular complexity index is 420. The van der Waals surface area contributed by atoms with Crippen molar-refractivity contribution in [3.05, 3.63) is 30.3 Å². The zero-order chi connectivity index (χ0) is 14.3. The monoisotopic (exact) mass is 279 g/mol. The highest BCUT2D eigenvalue weighted by Gasteiger charge is 2.14. The highest BCUT2D eigenvalue weighted by Crippen LogP contribution is 2.06. The molecule has 0 fully saturated rings. The third kappa shape index (κ3) is 6.31. The molecule has 1 rings (SSSR count). The average Bonchev–Trinajstić information content (AvgIpc) is 2.35. The summed E-state index contributed by atoms with van der Waals surface area (Å²) < 4.78 is 0. The lowest BCUT2D eigenvalue weighted by Crippen LogP contribution is -2.39. The molecule has 3 N–H and O–H groups in total. The number of rotatable bonds is 7. The van der Waals surface area contributed by atoms with E-state index in [9.17, 15) is 4.79 Å². The molecule has 0 spiro atoms. The van der Waals surface area contributed by atoms with E-state index in [2.05, 4.69) is 24.1 Å². The Morgan fingerprint density at radius 2 is 2.00 bits per heavy atom. The van der Waals surface area contributed by atoms with Gasteiger partial charge in [0.25, 0.3) is 0 Å². The number of benzene rings is 1. The van der Waals surface area contributed by atoms with Gasteiger partial charge in [-0.15, -0.1) is 0 Å². The number of para-hydroxylation sites is 1. The first-order chi connectivity index (χ1) is 8.99. The predicted octanol–water partition coefficient (Wildman–Crippen LogP) is 2.01. The Morgan fingerprint density at radius 1 is 1.37 bits per heavy atom. The second-order valence-electron chi connectivity index (χ2n) is 4.69. The molecule has 19 heavy (non-hydrogen) atoms. The Kier molecular flexibility index (Phi) is 6.45. The van der Waals surface area contributed by atoms with Crippen LogP contribution in [0.1, 0.15) is 20.3 Å². The van der Waals surface area contributed by atoms with Crippen molar-refractivity contribution in [1.29, 1.82) is 0 Å². The fourth-order valence-corrected chi connectivity index (χ4v) is 1.77. The van der Waals surface area contributed by atoms with E-state index in [1.807, 2.05) is 30.3 Å². The molecule has 0 radical (unpaired) electrons. The van der Waals surface area contributed by atoms with E-state index in [0.29, 0.717) is 24.5 Å². The zero-order valence-electron chi connectivity index (χ0n) is 11.4. The number of amides is 1. The summed E-state index contributed by atoms with van der Waals surface area (Å²) in [7, 11) is 0. The molecule has 0 aliphatic carbocycles. The van der Waals surface area contributed by atoms with Crippen LogP contribution in [0.15, 0.2) is 30.3 Å². The lowest BCUT2D eigenvalue weighted by molar-refractivity contribution is -0.117. The number of hydrogen-bond donors (Lipinski definition) is 2. The number of carbonyl (C=O) groups excluding carboxylic acids is 1. The minimum absolute atomic E-state index is 0.0251. The Balaban J connectivity index is 2.49. The molecule has 5 heteroatoms. The van der Waals surface area contributed by atoms with Crippen LogP contribution in [0.2, 0.25) is 0 Å². The van der Waals surface area contributed by atoms with E-state index >= 15 is 0 Å². The van der Waals surface area contributed by atoms with Gasteiger partial charge in [0.15, 0.2) is 0 Å². The van der Waals surface area contributed by atoms with E-state index in [1.54, 1.807) is 0 Å². The van der Waals surface area contributed by atoms with Crippen LogP contribution in [-0.4, -0.2) is 34.9 Å². The van der Waals surface area contributed by atoms with Crippen LogP contribution in [0.3, 0.4) is 0 Å². The lowest BCUT2D eigenvalue weighted by Gasteiger charge is -2.25. The van der Waals surface area contributed by atoms with E-state index in [-0.39, 0.29) is 11.9 Å². The molecule has 0 aliphatic rings. The molecule has 0 aliphatic heterocycles. The highest BCUT2D eigenvalue weighted by atomic mass is 32.1. The molecule has 4 nitrogen and oxygen atoms in total. The number of nitrogens with one attached hydrogen (secondary N) is 1. The van der Waals surface area contributed by atoms with Gasteiger partial charge in [0, 0.05) is 24.7 Å². The van der Waals surface area contributed by atoms with Crippen molar-refractivity contribution >= 4 is 28.8 Å². The minimum atomic E-state index is -0.0251. The first-order valence-electron chi connectivity index (χ1n) is 6.36. The summed E-state index contributed by atoms with van der Waals surface area (Å²) in [5.74, 6) is -0.0251.